The SMILES string of the molecule is CC(C)n1ncc(NCCC2CCCC2)c(Br)c1=O. The lowest BCUT2D eigenvalue weighted by molar-refractivity contribution is 0.499. The number of nitrogens with zero attached hydrogens (tertiary/aromatic N) is 2. The molecule has 1 aromatic heterocycles. The number of hydrogen-bond donors (Lipinski definition) is 1. The summed E-state index contributed by atoms with van der Waals surface area (Å²) in [5, 5.41) is 7.52. The maximum Gasteiger partial charge on any atom is 0.283 e. The third-order valence-corrected chi connectivity index (χ3v) is 4.54. The van der Waals surface area contributed by atoms with E-state index in [9.17, 15) is 4.79 Å². The molecule has 1 heterocycles. The molecule has 0 amide bonds. The minimum atomic E-state index is -0.0686. The zero-order valence-corrected chi connectivity index (χ0v) is 13.2. The van der Waals surface area contributed by atoms with Gasteiger partial charge in [-0.25, -0.2) is 4.68 Å². The zero-order valence-electron chi connectivity index (χ0n) is 11.7. The zero-order chi connectivity index (χ0) is 13.8. The monoisotopic (exact) mass is 327 g/mol. The molecule has 0 unspecified atom stereocenters. The van der Waals surface area contributed by atoms with Gasteiger partial charge in [0.15, 0.2) is 0 Å². The van der Waals surface area contributed by atoms with Crippen LogP contribution in [0.4, 0.5) is 5.69 Å². The lowest BCUT2D eigenvalue weighted by Gasteiger charge is -2.14. The summed E-state index contributed by atoms with van der Waals surface area (Å²) in [6, 6.07) is 0.0799. The first-order valence-corrected chi connectivity index (χ1v) is 7.90. The second-order valence-electron chi connectivity index (χ2n) is 5.58. The van der Waals surface area contributed by atoms with E-state index in [0.717, 1.165) is 18.2 Å². The molecule has 1 saturated carbocycles. The molecule has 0 spiro atoms. The van der Waals surface area contributed by atoms with Crippen molar-refractivity contribution in [3.8, 4) is 0 Å². The molecule has 106 valence electrons. The lowest BCUT2D eigenvalue weighted by atomic mass is 10.0. The fourth-order valence-electron chi connectivity index (χ4n) is 2.65. The molecular formula is C14H22BrN3O. The van der Waals surface area contributed by atoms with Gasteiger partial charge < -0.3 is 5.32 Å². The molecule has 0 aromatic carbocycles. The van der Waals surface area contributed by atoms with Gasteiger partial charge in [0.2, 0.25) is 0 Å². The third kappa shape index (κ3) is 3.59. The van der Waals surface area contributed by atoms with Crippen LogP contribution in [0.25, 0.3) is 0 Å². The molecule has 1 aliphatic carbocycles. The normalized spacial score (nSPS) is 16.2. The molecule has 0 saturated heterocycles. The van der Waals surface area contributed by atoms with E-state index in [1.807, 2.05) is 13.8 Å². The Hall–Kier alpha value is -0.840. The number of anilines is 1. The molecule has 1 N–H and O–H groups in total. The Bertz CT molecular complexity index is 478. The Kier molecular flexibility index (Phi) is 5.02. The van der Waals surface area contributed by atoms with Crippen LogP contribution in [0.3, 0.4) is 0 Å². The molecule has 0 aliphatic heterocycles. The summed E-state index contributed by atoms with van der Waals surface area (Å²) in [7, 11) is 0. The molecular weight excluding hydrogens is 306 g/mol. The maximum atomic E-state index is 12.1. The molecule has 5 heteroatoms. The number of halogens is 1. The van der Waals surface area contributed by atoms with E-state index in [1.54, 1.807) is 6.20 Å². The molecule has 0 atom stereocenters. The Morgan fingerprint density at radius 1 is 1.47 bits per heavy atom. The average Bonchev–Trinajstić information content (AvgIpc) is 2.87. The van der Waals surface area contributed by atoms with Crippen LogP contribution >= 0.6 is 15.9 Å². The summed E-state index contributed by atoms with van der Waals surface area (Å²) in [6.07, 6.45) is 8.38. The number of aromatic nitrogens is 2. The standard InChI is InChI=1S/C14H22BrN3O/c1-10(2)18-14(19)13(15)12(9-17-18)16-8-7-11-5-3-4-6-11/h9-11,16H,3-8H2,1-2H3. The van der Waals surface area contributed by atoms with E-state index in [4.69, 9.17) is 0 Å². The summed E-state index contributed by atoms with van der Waals surface area (Å²) in [6.45, 7) is 4.82. The summed E-state index contributed by atoms with van der Waals surface area (Å²) in [4.78, 5) is 12.1. The fourth-order valence-corrected chi connectivity index (χ4v) is 3.07. The van der Waals surface area contributed by atoms with Crippen molar-refractivity contribution in [2.45, 2.75) is 52.0 Å². The highest BCUT2D eigenvalue weighted by atomic mass is 79.9. The number of hydrogen-bond acceptors (Lipinski definition) is 3. The first kappa shape index (κ1) is 14.6. The Morgan fingerprint density at radius 2 is 2.16 bits per heavy atom. The molecule has 0 radical (unpaired) electrons. The highest BCUT2D eigenvalue weighted by Crippen LogP contribution is 2.27. The number of nitrogens with one attached hydrogen (secondary N) is 1. The van der Waals surface area contributed by atoms with Crippen molar-refractivity contribution in [3.05, 3.63) is 21.0 Å². The Morgan fingerprint density at radius 3 is 2.79 bits per heavy atom. The van der Waals surface area contributed by atoms with Crippen LogP contribution in [0.1, 0.15) is 52.0 Å². The van der Waals surface area contributed by atoms with Gasteiger partial charge in [-0.1, -0.05) is 25.7 Å². The Labute approximate surface area is 122 Å². The van der Waals surface area contributed by atoms with Crippen molar-refractivity contribution in [2.75, 3.05) is 11.9 Å². The van der Waals surface area contributed by atoms with Crippen molar-refractivity contribution in [1.29, 1.82) is 0 Å². The van der Waals surface area contributed by atoms with Gasteiger partial charge >= 0.3 is 0 Å². The quantitative estimate of drug-likeness (QED) is 0.899. The molecule has 1 fully saturated rings. The van der Waals surface area contributed by atoms with Gasteiger partial charge in [-0.15, -0.1) is 0 Å². The first-order chi connectivity index (χ1) is 9.09. The van der Waals surface area contributed by atoms with Crippen molar-refractivity contribution in [1.82, 2.24) is 9.78 Å². The highest BCUT2D eigenvalue weighted by Gasteiger charge is 2.15. The van der Waals surface area contributed by atoms with Crippen molar-refractivity contribution >= 4 is 21.6 Å². The van der Waals surface area contributed by atoms with Crippen LogP contribution in [0.15, 0.2) is 15.5 Å². The molecule has 1 aliphatic rings. The van der Waals surface area contributed by atoms with Crippen LogP contribution in [-0.4, -0.2) is 16.3 Å². The fraction of sp³-hybridized carbons (Fsp3) is 0.714. The first-order valence-electron chi connectivity index (χ1n) is 7.10. The van der Waals surface area contributed by atoms with Crippen LogP contribution < -0.4 is 10.9 Å². The molecule has 19 heavy (non-hydrogen) atoms. The van der Waals surface area contributed by atoms with Gasteiger partial charge in [-0.3, -0.25) is 4.79 Å². The summed E-state index contributed by atoms with van der Waals surface area (Å²) >= 11 is 3.38. The van der Waals surface area contributed by atoms with Gasteiger partial charge in [0.05, 0.1) is 17.9 Å². The lowest BCUT2D eigenvalue weighted by Crippen LogP contribution is -2.26. The van der Waals surface area contributed by atoms with E-state index in [-0.39, 0.29) is 11.6 Å². The minimum Gasteiger partial charge on any atom is -0.383 e. The summed E-state index contributed by atoms with van der Waals surface area (Å²) < 4.78 is 2.08. The van der Waals surface area contributed by atoms with E-state index in [0.29, 0.717) is 4.47 Å². The smallest absolute Gasteiger partial charge is 0.283 e. The van der Waals surface area contributed by atoms with Crippen molar-refractivity contribution in [3.63, 3.8) is 0 Å². The summed E-state index contributed by atoms with van der Waals surface area (Å²) in [5.74, 6) is 0.857. The maximum absolute atomic E-state index is 12.1. The molecule has 1 aromatic rings. The summed E-state index contributed by atoms with van der Waals surface area (Å²) in [5.41, 5.74) is 0.737. The van der Waals surface area contributed by atoms with E-state index >= 15 is 0 Å². The predicted octanol–water partition coefficient (Wildman–Crippen LogP) is 3.58. The largest absolute Gasteiger partial charge is 0.383 e. The topological polar surface area (TPSA) is 46.9 Å². The third-order valence-electron chi connectivity index (χ3n) is 3.78. The van der Waals surface area contributed by atoms with E-state index < -0.39 is 0 Å². The second kappa shape index (κ2) is 6.55. The van der Waals surface area contributed by atoms with Gasteiger partial charge in [0.25, 0.3) is 5.56 Å². The van der Waals surface area contributed by atoms with Crippen LogP contribution in [0, 0.1) is 5.92 Å². The van der Waals surface area contributed by atoms with Crippen LogP contribution in [-0.2, 0) is 0 Å². The predicted molar refractivity (Wildman–Crippen MR) is 81.6 cm³/mol. The van der Waals surface area contributed by atoms with Gasteiger partial charge in [-0.2, -0.15) is 5.10 Å². The average molecular weight is 328 g/mol. The van der Waals surface area contributed by atoms with Gasteiger partial charge in [-0.05, 0) is 42.1 Å². The molecule has 4 nitrogen and oxygen atoms in total. The van der Waals surface area contributed by atoms with E-state index in [1.165, 1.54) is 36.8 Å². The highest BCUT2D eigenvalue weighted by molar-refractivity contribution is 9.10. The molecule has 0 bridgehead atoms. The van der Waals surface area contributed by atoms with E-state index in [2.05, 4.69) is 26.3 Å². The van der Waals surface area contributed by atoms with Crippen LogP contribution in [0.5, 0.6) is 0 Å². The second-order valence-corrected chi connectivity index (χ2v) is 6.37. The van der Waals surface area contributed by atoms with Crippen molar-refractivity contribution in [2.24, 2.45) is 5.92 Å². The Balaban J connectivity index is 1.97. The van der Waals surface area contributed by atoms with Crippen molar-refractivity contribution < 1.29 is 0 Å². The van der Waals surface area contributed by atoms with Crippen LogP contribution in [0.2, 0.25) is 0 Å². The number of rotatable bonds is 5. The minimum absolute atomic E-state index is 0.0686. The van der Waals surface area contributed by atoms with Gasteiger partial charge in [0, 0.05) is 6.54 Å². The molecule has 2 rings (SSSR count). The van der Waals surface area contributed by atoms with Gasteiger partial charge in [0.1, 0.15) is 4.47 Å².